The molecule has 2 rings (SSSR count). The molecule has 0 bridgehead atoms. The summed E-state index contributed by atoms with van der Waals surface area (Å²) in [4.78, 5) is 0. The Labute approximate surface area is 105 Å². The molecule has 0 amide bonds. The van der Waals surface area contributed by atoms with Gasteiger partial charge in [0.25, 0.3) is 0 Å². The molecule has 0 aromatic heterocycles. The molecule has 2 saturated carbocycles. The van der Waals surface area contributed by atoms with E-state index in [1.54, 1.807) is 0 Å². The largest absolute Gasteiger partial charge is 0.311 e. The molecule has 0 aliphatic heterocycles. The highest BCUT2D eigenvalue weighted by Crippen LogP contribution is 2.38. The van der Waals surface area contributed by atoms with Gasteiger partial charge in [-0.05, 0) is 50.2 Å². The molecule has 0 aromatic carbocycles. The molecule has 1 N–H and O–H groups in total. The minimum atomic E-state index is 0.589. The molecule has 0 spiro atoms. The van der Waals surface area contributed by atoms with Crippen molar-refractivity contribution in [1.82, 2.24) is 5.32 Å². The minimum Gasteiger partial charge on any atom is -0.311 e. The van der Waals surface area contributed by atoms with E-state index >= 15 is 0 Å². The molecule has 2 heteroatoms. The lowest BCUT2D eigenvalue weighted by molar-refractivity contribution is 0.318. The van der Waals surface area contributed by atoms with Crippen LogP contribution in [-0.4, -0.2) is 23.6 Å². The van der Waals surface area contributed by atoms with Gasteiger partial charge in [0.15, 0.2) is 0 Å². The second-order valence-corrected chi connectivity index (χ2v) is 7.63. The van der Waals surface area contributed by atoms with Gasteiger partial charge in [-0.25, -0.2) is 0 Å². The third-order valence-corrected chi connectivity index (χ3v) is 5.49. The third kappa shape index (κ3) is 3.40. The maximum atomic E-state index is 3.92. The molecule has 0 aromatic rings. The molecular weight excluding hydrogens is 214 g/mol. The zero-order valence-electron chi connectivity index (χ0n) is 11.1. The molecule has 2 fully saturated rings. The highest BCUT2D eigenvalue weighted by Gasteiger charge is 2.32. The van der Waals surface area contributed by atoms with Crippen LogP contribution in [0.4, 0.5) is 0 Å². The lowest BCUT2D eigenvalue weighted by Gasteiger charge is -2.31. The molecule has 2 aliphatic carbocycles. The van der Waals surface area contributed by atoms with E-state index in [-0.39, 0.29) is 0 Å². The van der Waals surface area contributed by atoms with Gasteiger partial charge in [0, 0.05) is 17.3 Å². The summed E-state index contributed by atoms with van der Waals surface area (Å²) >= 11 is 2.07. The van der Waals surface area contributed by atoms with E-state index in [1.165, 1.54) is 44.9 Å². The first-order valence-electron chi connectivity index (χ1n) is 6.88. The molecule has 16 heavy (non-hydrogen) atoms. The lowest BCUT2D eigenvalue weighted by atomic mass is 9.91. The zero-order valence-corrected chi connectivity index (χ0v) is 11.9. The SMILES string of the molecule is CSC1CCCC(NC2CCC(C)(C)C2)C1. The Morgan fingerprint density at radius 2 is 1.94 bits per heavy atom. The highest BCUT2D eigenvalue weighted by atomic mass is 32.2. The molecule has 0 saturated heterocycles. The van der Waals surface area contributed by atoms with Gasteiger partial charge in [-0.1, -0.05) is 20.3 Å². The quantitative estimate of drug-likeness (QED) is 0.806. The molecular formula is C14H27NS. The second kappa shape index (κ2) is 5.30. The summed E-state index contributed by atoms with van der Waals surface area (Å²) in [6.07, 6.45) is 12.1. The smallest absolute Gasteiger partial charge is 0.00802 e. The Kier molecular flexibility index (Phi) is 4.23. The predicted molar refractivity (Wildman–Crippen MR) is 74.1 cm³/mol. The maximum absolute atomic E-state index is 3.92. The Bertz CT molecular complexity index is 227. The van der Waals surface area contributed by atoms with Crippen molar-refractivity contribution in [1.29, 1.82) is 0 Å². The number of nitrogens with one attached hydrogen (secondary N) is 1. The van der Waals surface area contributed by atoms with E-state index < -0.39 is 0 Å². The van der Waals surface area contributed by atoms with Crippen LogP contribution in [0.25, 0.3) is 0 Å². The summed E-state index contributed by atoms with van der Waals surface area (Å²) in [7, 11) is 0. The van der Waals surface area contributed by atoms with E-state index in [0.29, 0.717) is 5.41 Å². The van der Waals surface area contributed by atoms with Crippen molar-refractivity contribution in [3.8, 4) is 0 Å². The van der Waals surface area contributed by atoms with Crippen molar-refractivity contribution >= 4 is 11.8 Å². The summed E-state index contributed by atoms with van der Waals surface area (Å²) < 4.78 is 0. The maximum Gasteiger partial charge on any atom is 0.00802 e. The van der Waals surface area contributed by atoms with Crippen LogP contribution >= 0.6 is 11.8 Å². The Balaban J connectivity index is 1.77. The number of hydrogen-bond donors (Lipinski definition) is 1. The highest BCUT2D eigenvalue weighted by molar-refractivity contribution is 7.99. The molecule has 2 aliphatic rings. The van der Waals surface area contributed by atoms with Crippen LogP contribution in [0.2, 0.25) is 0 Å². The topological polar surface area (TPSA) is 12.0 Å². The average molecular weight is 241 g/mol. The molecule has 0 radical (unpaired) electrons. The van der Waals surface area contributed by atoms with Crippen molar-refractivity contribution in [3.63, 3.8) is 0 Å². The number of rotatable bonds is 3. The fourth-order valence-corrected chi connectivity index (χ4v) is 4.25. The number of thioether (sulfide) groups is 1. The minimum absolute atomic E-state index is 0.589. The van der Waals surface area contributed by atoms with Gasteiger partial charge in [0.2, 0.25) is 0 Å². The van der Waals surface area contributed by atoms with Crippen LogP contribution < -0.4 is 5.32 Å². The normalized spacial score (nSPS) is 38.8. The summed E-state index contributed by atoms with van der Waals surface area (Å²) in [5.41, 5.74) is 0.589. The first-order valence-corrected chi connectivity index (χ1v) is 8.17. The molecule has 0 heterocycles. The van der Waals surface area contributed by atoms with Crippen LogP contribution in [0, 0.1) is 5.41 Å². The summed E-state index contributed by atoms with van der Waals surface area (Å²) in [6.45, 7) is 4.83. The Morgan fingerprint density at radius 3 is 2.56 bits per heavy atom. The summed E-state index contributed by atoms with van der Waals surface area (Å²) in [5, 5.41) is 4.84. The Hall–Kier alpha value is 0.310. The number of hydrogen-bond acceptors (Lipinski definition) is 2. The van der Waals surface area contributed by atoms with Gasteiger partial charge in [0.1, 0.15) is 0 Å². The van der Waals surface area contributed by atoms with Gasteiger partial charge >= 0.3 is 0 Å². The van der Waals surface area contributed by atoms with Gasteiger partial charge in [-0.2, -0.15) is 11.8 Å². The monoisotopic (exact) mass is 241 g/mol. The first-order chi connectivity index (χ1) is 7.59. The van der Waals surface area contributed by atoms with Crippen molar-refractivity contribution in [2.24, 2.45) is 5.41 Å². The zero-order chi connectivity index (χ0) is 11.6. The molecule has 3 unspecified atom stereocenters. The van der Waals surface area contributed by atoms with Crippen molar-refractivity contribution in [2.45, 2.75) is 76.1 Å². The second-order valence-electron chi connectivity index (χ2n) is 6.49. The van der Waals surface area contributed by atoms with Gasteiger partial charge in [-0.15, -0.1) is 0 Å². The third-order valence-electron chi connectivity index (χ3n) is 4.40. The fourth-order valence-electron chi connectivity index (χ4n) is 3.42. The van der Waals surface area contributed by atoms with E-state index in [4.69, 9.17) is 0 Å². The van der Waals surface area contributed by atoms with Gasteiger partial charge in [0.05, 0.1) is 0 Å². The van der Waals surface area contributed by atoms with E-state index in [9.17, 15) is 0 Å². The Morgan fingerprint density at radius 1 is 1.12 bits per heavy atom. The van der Waals surface area contributed by atoms with E-state index in [0.717, 1.165) is 17.3 Å². The van der Waals surface area contributed by atoms with E-state index in [1.807, 2.05) is 0 Å². The molecule has 1 nitrogen and oxygen atoms in total. The van der Waals surface area contributed by atoms with Crippen LogP contribution in [0.3, 0.4) is 0 Å². The summed E-state index contributed by atoms with van der Waals surface area (Å²) in [6, 6.07) is 1.62. The fraction of sp³-hybridized carbons (Fsp3) is 1.00. The standard InChI is InChI=1S/C14H27NS/c1-14(2)8-7-12(10-14)15-11-5-4-6-13(9-11)16-3/h11-13,15H,4-10H2,1-3H3. The first kappa shape index (κ1) is 12.8. The van der Waals surface area contributed by atoms with Crippen molar-refractivity contribution in [3.05, 3.63) is 0 Å². The van der Waals surface area contributed by atoms with Gasteiger partial charge in [-0.3, -0.25) is 0 Å². The lowest BCUT2D eigenvalue weighted by Crippen LogP contribution is -2.40. The molecule has 94 valence electrons. The van der Waals surface area contributed by atoms with Gasteiger partial charge < -0.3 is 5.32 Å². The molecule has 3 atom stereocenters. The van der Waals surface area contributed by atoms with Crippen LogP contribution in [0.15, 0.2) is 0 Å². The van der Waals surface area contributed by atoms with Crippen LogP contribution in [0.1, 0.15) is 58.8 Å². The van der Waals surface area contributed by atoms with E-state index in [2.05, 4.69) is 37.2 Å². The van der Waals surface area contributed by atoms with Crippen molar-refractivity contribution < 1.29 is 0 Å². The predicted octanol–water partition coefficient (Wildman–Crippen LogP) is 3.83. The average Bonchev–Trinajstić information content (AvgIpc) is 2.58. The van der Waals surface area contributed by atoms with Crippen LogP contribution in [0.5, 0.6) is 0 Å². The van der Waals surface area contributed by atoms with Crippen LogP contribution in [-0.2, 0) is 0 Å². The van der Waals surface area contributed by atoms with Crippen molar-refractivity contribution in [2.75, 3.05) is 6.26 Å². The summed E-state index contributed by atoms with van der Waals surface area (Å²) in [5.74, 6) is 0.